The minimum atomic E-state index is -2.86. The number of nitrogens with zero attached hydrogens (tertiary/aromatic N) is 2. The van der Waals surface area contributed by atoms with Crippen LogP contribution in [0.25, 0.3) is 22.3 Å². The Bertz CT molecular complexity index is 1960. The molecule has 15 nitrogen and oxygen atoms in total. The van der Waals surface area contributed by atoms with Gasteiger partial charge in [-0.1, -0.05) is 32.9 Å². The number of amides is 4. The summed E-state index contributed by atoms with van der Waals surface area (Å²) in [6.07, 6.45) is -1.13. The van der Waals surface area contributed by atoms with E-state index in [0.717, 1.165) is 24.8 Å². The number of H-pyrrole nitrogens is 1. The van der Waals surface area contributed by atoms with Crippen LogP contribution in [0.3, 0.4) is 0 Å². The van der Waals surface area contributed by atoms with Crippen molar-refractivity contribution >= 4 is 46.8 Å². The van der Waals surface area contributed by atoms with Crippen LogP contribution in [0.5, 0.6) is 17.2 Å². The molecule has 0 radical (unpaired) electrons. The van der Waals surface area contributed by atoms with Gasteiger partial charge in [0, 0.05) is 28.7 Å². The molecule has 290 valence electrons. The lowest BCUT2D eigenvalue weighted by molar-refractivity contribution is -0.139. The van der Waals surface area contributed by atoms with Gasteiger partial charge in [-0.3, -0.25) is 23.9 Å². The second-order valence-electron chi connectivity index (χ2n) is 14.2. The van der Waals surface area contributed by atoms with Crippen LogP contribution in [0, 0.1) is 11.3 Å². The number of halogens is 2. The standard InChI is InChI=1S/C36H42F2N6O9S/c1-19(31(37)38)27(34(48)43-54-22-9-10-22)41-32(46)24-8-5-13-44(24)26(45)15-39-35(49)51-17-36(2,3)16-50-21-7-4-6-20(14-21)28-33(47)42-29-23(40-28)11-12-25-30(29)53-18-52-25/h4,6-7,11-12,14,19,22,24,27,31H,5,8-10,13,15-18H2,1-3H3,(H,39,49)(H,41,46)(H,42,47)(H,43,48)/t19-,24?,27?/m1/s1. The van der Waals surface area contributed by atoms with Gasteiger partial charge in [0.1, 0.15) is 42.2 Å². The maximum Gasteiger partial charge on any atom is 0.407 e. The Labute approximate surface area is 313 Å². The third-order valence-corrected chi connectivity index (χ3v) is 10.3. The van der Waals surface area contributed by atoms with Gasteiger partial charge in [0.2, 0.25) is 25.0 Å². The highest BCUT2D eigenvalue weighted by Crippen LogP contribution is 2.37. The Morgan fingerprint density at radius 3 is 2.67 bits per heavy atom. The van der Waals surface area contributed by atoms with Crippen molar-refractivity contribution in [2.75, 3.05) is 33.1 Å². The van der Waals surface area contributed by atoms with Crippen molar-refractivity contribution in [1.82, 2.24) is 30.2 Å². The van der Waals surface area contributed by atoms with Gasteiger partial charge in [-0.05, 0) is 61.9 Å². The minimum Gasteiger partial charge on any atom is -0.493 e. The summed E-state index contributed by atoms with van der Waals surface area (Å²) < 4.78 is 52.0. The molecule has 4 amide bonds. The van der Waals surface area contributed by atoms with Crippen molar-refractivity contribution < 1.29 is 46.9 Å². The molecule has 6 rings (SSSR count). The van der Waals surface area contributed by atoms with Crippen molar-refractivity contribution in [2.24, 2.45) is 11.3 Å². The van der Waals surface area contributed by atoms with E-state index in [0.29, 0.717) is 40.3 Å². The Kier molecular flexibility index (Phi) is 11.8. The lowest BCUT2D eigenvalue weighted by Gasteiger charge is -2.28. The molecule has 2 aliphatic heterocycles. The number of aromatic nitrogens is 2. The lowest BCUT2D eigenvalue weighted by Crippen LogP contribution is -2.56. The van der Waals surface area contributed by atoms with Crippen LogP contribution in [-0.2, 0) is 19.1 Å². The van der Waals surface area contributed by atoms with Crippen LogP contribution in [0.4, 0.5) is 13.6 Å². The third kappa shape index (κ3) is 9.32. The fourth-order valence-corrected chi connectivity index (χ4v) is 6.67. The van der Waals surface area contributed by atoms with Crippen molar-refractivity contribution in [1.29, 1.82) is 0 Å². The van der Waals surface area contributed by atoms with Gasteiger partial charge < -0.3 is 39.5 Å². The van der Waals surface area contributed by atoms with E-state index in [-0.39, 0.29) is 43.9 Å². The van der Waals surface area contributed by atoms with Crippen LogP contribution >= 0.6 is 11.9 Å². The van der Waals surface area contributed by atoms with Crippen LogP contribution in [0.15, 0.2) is 41.2 Å². The highest BCUT2D eigenvalue weighted by Gasteiger charge is 2.39. The van der Waals surface area contributed by atoms with E-state index in [1.807, 2.05) is 13.8 Å². The van der Waals surface area contributed by atoms with Gasteiger partial charge in [-0.15, -0.1) is 0 Å². The number of rotatable bonds is 15. The predicted molar refractivity (Wildman–Crippen MR) is 193 cm³/mol. The second-order valence-corrected chi connectivity index (χ2v) is 15.3. The predicted octanol–water partition coefficient (Wildman–Crippen LogP) is 3.75. The van der Waals surface area contributed by atoms with Gasteiger partial charge in [0.05, 0.1) is 12.1 Å². The molecule has 54 heavy (non-hydrogen) atoms. The van der Waals surface area contributed by atoms with Crippen molar-refractivity contribution in [3.8, 4) is 28.5 Å². The number of carbonyl (C=O) groups is 4. The summed E-state index contributed by atoms with van der Waals surface area (Å²) in [5.74, 6) is -2.03. The smallest absolute Gasteiger partial charge is 0.407 e. The zero-order valence-electron chi connectivity index (χ0n) is 29.9. The van der Waals surface area contributed by atoms with Crippen LogP contribution in [-0.4, -0.2) is 95.5 Å². The number of fused-ring (bicyclic) bond motifs is 3. The summed E-state index contributed by atoms with van der Waals surface area (Å²) in [4.78, 5) is 73.1. The first-order chi connectivity index (χ1) is 25.8. The molecule has 2 fully saturated rings. The largest absolute Gasteiger partial charge is 0.493 e. The summed E-state index contributed by atoms with van der Waals surface area (Å²) in [6.45, 7) is 4.67. The minimum absolute atomic E-state index is 0.0591. The number of hydrogen-bond donors (Lipinski definition) is 4. The molecule has 3 atom stereocenters. The molecule has 0 bridgehead atoms. The molecule has 0 spiro atoms. The number of alkyl carbamates (subject to hydrolysis) is 1. The SMILES string of the molecule is C[C@@H](C(F)F)C(NC(=O)C1CCCN1C(=O)CNC(=O)OCC(C)(C)COc1cccc(-c2nc3ccc4c(c3[nH]c2=O)OCO4)c1)C(=O)NSC1CC1. The van der Waals surface area contributed by atoms with Crippen molar-refractivity contribution in [2.45, 2.75) is 70.2 Å². The first-order valence-electron chi connectivity index (χ1n) is 17.6. The summed E-state index contributed by atoms with van der Waals surface area (Å²) in [6, 6.07) is 7.86. The summed E-state index contributed by atoms with van der Waals surface area (Å²) in [7, 11) is 0. The van der Waals surface area contributed by atoms with Gasteiger partial charge >= 0.3 is 6.09 Å². The number of carbonyl (C=O) groups excluding carboxylic acids is 4. The quantitative estimate of drug-likeness (QED) is 0.165. The van der Waals surface area contributed by atoms with Crippen LogP contribution in [0.2, 0.25) is 0 Å². The van der Waals surface area contributed by atoms with E-state index in [2.05, 4.69) is 25.3 Å². The van der Waals surface area contributed by atoms with E-state index in [1.165, 1.54) is 11.8 Å². The number of nitrogens with one attached hydrogen (secondary N) is 4. The van der Waals surface area contributed by atoms with Gasteiger partial charge in [-0.2, -0.15) is 0 Å². The first kappa shape index (κ1) is 38.6. The highest BCUT2D eigenvalue weighted by atomic mass is 32.2. The lowest BCUT2D eigenvalue weighted by atomic mass is 9.96. The van der Waals surface area contributed by atoms with Crippen molar-refractivity contribution in [3.05, 3.63) is 46.8 Å². The molecule has 1 aromatic heterocycles. The Balaban J connectivity index is 0.970. The first-order valence-corrected chi connectivity index (χ1v) is 18.5. The number of aromatic amines is 1. The average molecular weight is 773 g/mol. The number of benzene rings is 2. The molecule has 2 aromatic carbocycles. The molecule has 3 aromatic rings. The maximum absolute atomic E-state index is 13.6. The molecule has 18 heteroatoms. The maximum atomic E-state index is 13.6. The number of hydrogen-bond acceptors (Lipinski definition) is 11. The molecular weight excluding hydrogens is 730 g/mol. The number of likely N-dealkylation sites (tertiary alicyclic amines) is 1. The fourth-order valence-electron chi connectivity index (χ4n) is 5.89. The molecule has 3 aliphatic rings. The van der Waals surface area contributed by atoms with E-state index in [4.69, 9.17) is 18.9 Å². The summed E-state index contributed by atoms with van der Waals surface area (Å²) >= 11 is 1.15. The number of alkyl halides is 2. The zero-order valence-corrected chi connectivity index (χ0v) is 30.8. The number of ether oxygens (including phenoxy) is 4. The van der Waals surface area contributed by atoms with Gasteiger partial charge in [0.15, 0.2) is 11.5 Å². The van der Waals surface area contributed by atoms with Gasteiger partial charge in [0.25, 0.3) is 11.5 Å². The molecule has 4 N–H and O–H groups in total. The Morgan fingerprint density at radius 2 is 1.91 bits per heavy atom. The van der Waals surface area contributed by atoms with Gasteiger partial charge in [-0.25, -0.2) is 18.6 Å². The van der Waals surface area contributed by atoms with E-state index < -0.39 is 65.8 Å². The third-order valence-electron chi connectivity index (χ3n) is 9.15. The fraction of sp³-hybridized carbons (Fsp3) is 0.500. The van der Waals surface area contributed by atoms with Crippen LogP contribution in [0.1, 0.15) is 46.5 Å². The Hall–Kier alpha value is -5.13. The topological polar surface area (TPSA) is 190 Å². The highest BCUT2D eigenvalue weighted by molar-refractivity contribution is 7.98. The molecule has 1 aliphatic carbocycles. The average Bonchev–Trinajstić information content (AvgIpc) is 3.62. The second kappa shape index (κ2) is 16.5. The summed E-state index contributed by atoms with van der Waals surface area (Å²) in [5.41, 5.74) is 0.603. The monoisotopic (exact) mass is 772 g/mol. The molecule has 1 saturated heterocycles. The molecule has 3 heterocycles. The summed E-state index contributed by atoms with van der Waals surface area (Å²) in [5, 5.41) is 5.07. The molecular formula is C36H42F2N6O9S. The Morgan fingerprint density at radius 1 is 1.11 bits per heavy atom. The van der Waals surface area contributed by atoms with E-state index in [9.17, 15) is 32.8 Å². The molecule has 2 unspecified atom stereocenters. The van der Waals surface area contributed by atoms with E-state index >= 15 is 0 Å². The van der Waals surface area contributed by atoms with Crippen LogP contribution < -0.4 is 35.1 Å². The zero-order chi connectivity index (χ0) is 38.6. The molecule has 1 saturated carbocycles. The van der Waals surface area contributed by atoms with Crippen molar-refractivity contribution in [3.63, 3.8) is 0 Å². The normalized spacial score (nSPS) is 17.6. The van der Waals surface area contributed by atoms with E-state index in [1.54, 1.807) is 36.4 Å².